The van der Waals surface area contributed by atoms with Gasteiger partial charge in [0, 0.05) is 18.1 Å². The molecule has 3 N–H and O–H groups in total. The van der Waals surface area contributed by atoms with Crippen molar-refractivity contribution in [1.82, 2.24) is 16.2 Å². The number of nitrogens with one attached hydrogen (secondary N) is 3. The van der Waals surface area contributed by atoms with Gasteiger partial charge in [-0.3, -0.25) is 20.4 Å². The average molecular weight is 358 g/mol. The lowest BCUT2D eigenvalue weighted by Crippen LogP contribution is -2.48. The molecule has 6 nitrogen and oxygen atoms in total. The second kappa shape index (κ2) is 10.9. The van der Waals surface area contributed by atoms with Crippen molar-refractivity contribution in [1.29, 1.82) is 0 Å². The molecule has 0 aliphatic carbocycles. The van der Waals surface area contributed by atoms with E-state index in [-0.39, 0.29) is 29.8 Å². The molecule has 0 aliphatic rings. The first-order valence-corrected chi connectivity index (χ1v) is 8.01. The predicted octanol–water partition coefficient (Wildman–Crippen LogP) is 1.72. The number of carbonyl (C=O) groups is 2. The number of hydrogen-bond donors (Lipinski definition) is 3. The van der Waals surface area contributed by atoms with Crippen LogP contribution in [0.2, 0.25) is 5.02 Å². The van der Waals surface area contributed by atoms with Crippen LogP contribution in [0.5, 0.6) is 0 Å². The molecule has 1 aromatic carbocycles. The highest BCUT2D eigenvalue weighted by molar-refractivity contribution is 7.80. The van der Waals surface area contributed by atoms with Gasteiger partial charge in [0.05, 0.1) is 13.0 Å². The molecular weight excluding hydrogens is 338 g/mol. The van der Waals surface area contributed by atoms with Crippen molar-refractivity contribution in [3.63, 3.8) is 0 Å². The first-order valence-electron chi connectivity index (χ1n) is 7.22. The third-order valence-electron chi connectivity index (χ3n) is 2.83. The van der Waals surface area contributed by atoms with Gasteiger partial charge in [-0.1, -0.05) is 29.8 Å². The highest BCUT2D eigenvalue weighted by Crippen LogP contribution is 2.16. The van der Waals surface area contributed by atoms with Gasteiger partial charge in [-0.15, -0.1) is 0 Å². The lowest BCUT2D eigenvalue weighted by molar-refractivity contribution is -0.123. The molecule has 1 aromatic rings. The zero-order valence-corrected chi connectivity index (χ0v) is 14.4. The highest BCUT2D eigenvalue weighted by Gasteiger charge is 2.07. The normalized spacial score (nSPS) is 10.0. The van der Waals surface area contributed by atoms with E-state index in [4.69, 9.17) is 28.6 Å². The van der Waals surface area contributed by atoms with Crippen molar-refractivity contribution in [2.24, 2.45) is 0 Å². The van der Waals surface area contributed by atoms with E-state index in [1.807, 2.05) is 25.1 Å². The molecule has 23 heavy (non-hydrogen) atoms. The van der Waals surface area contributed by atoms with Crippen LogP contribution >= 0.6 is 23.8 Å². The minimum Gasteiger partial charge on any atom is -0.381 e. The molecule has 2 amide bonds. The summed E-state index contributed by atoms with van der Waals surface area (Å²) in [5, 5.41) is 3.15. The van der Waals surface area contributed by atoms with Crippen molar-refractivity contribution >= 4 is 40.7 Å². The van der Waals surface area contributed by atoms with Crippen LogP contribution in [0, 0.1) is 0 Å². The van der Waals surface area contributed by atoms with E-state index in [1.54, 1.807) is 6.07 Å². The number of hydrogen-bond acceptors (Lipinski definition) is 4. The molecule has 0 fully saturated rings. The summed E-state index contributed by atoms with van der Waals surface area (Å²) >= 11 is 10.9. The number of benzene rings is 1. The topological polar surface area (TPSA) is 79.5 Å². The van der Waals surface area contributed by atoms with E-state index >= 15 is 0 Å². The Kier molecular flexibility index (Phi) is 9.20. The van der Waals surface area contributed by atoms with Crippen LogP contribution in [0.4, 0.5) is 0 Å². The Hall–Kier alpha value is -1.70. The molecule has 0 radical (unpaired) electrons. The number of amides is 2. The molecule has 0 atom stereocenters. The summed E-state index contributed by atoms with van der Waals surface area (Å²) in [6.45, 7) is 2.74. The smallest absolute Gasteiger partial charge is 0.240 e. The zero-order chi connectivity index (χ0) is 17.1. The van der Waals surface area contributed by atoms with E-state index in [0.717, 1.165) is 5.56 Å². The molecular formula is C15H20ClN3O3S. The van der Waals surface area contributed by atoms with E-state index in [0.29, 0.717) is 24.7 Å². The number of halogens is 1. The zero-order valence-electron chi connectivity index (χ0n) is 12.9. The van der Waals surface area contributed by atoms with Gasteiger partial charge >= 0.3 is 0 Å². The second-order valence-electron chi connectivity index (χ2n) is 4.59. The van der Waals surface area contributed by atoms with Crippen LogP contribution in [0.3, 0.4) is 0 Å². The van der Waals surface area contributed by atoms with Crippen molar-refractivity contribution in [2.75, 3.05) is 13.2 Å². The van der Waals surface area contributed by atoms with Gasteiger partial charge < -0.3 is 10.1 Å². The Morgan fingerprint density at radius 3 is 2.61 bits per heavy atom. The molecule has 1 rings (SSSR count). The summed E-state index contributed by atoms with van der Waals surface area (Å²) in [5.41, 5.74) is 5.75. The van der Waals surface area contributed by atoms with E-state index in [1.165, 1.54) is 0 Å². The van der Waals surface area contributed by atoms with Gasteiger partial charge in [-0.25, -0.2) is 0 Å². The van der Waals surface area contributed by atoms with Crippen molar-refractivity contribution in [3.05, 3.63) is 34.9 Å². The minimum atomic E-state index is -0.272. The van der Waals surface area contributed by atoms with Crippen molar-refractivity contribution in [3.8, 4) is 0 Å². The number of thiocarbonyl (C=S) groups is 1. The second-order valence-corrected chi connectivity index (χ2v) is 5.40. The van der Waals surface area contributed by atoms with Gasteiger partial charge in [0.1, 0.15) is 0 Å². The highest BCUT2D eigenvalue weighted by atomic mass is 35.5. The first-order chi connectivity index (χ1) is 11.0. The Bertz CT molecular complexity index is 555. The monoisotopic (exact) mass is 357 g/mol. The van der Waals surface area contributed by atoms with Crippen LogP contribution in [0.1, 0.15) is 25.3 Å². The quantitative estimate of drug-likeness (QED) is 0.393. The van der Waals surface area contributed by atoms with E-state index in [9.17, 15) is 9.59 Å². The molecule has 0 heterocycles. The lowest BCUT2D eigenvalue weighted by atomic mass is 10.1. The summed E-state index contributed by atoms with van der Waals surface area (Å²) in [5.74, 6) is -0.530. The lowest BCUT2D eigenvalue weighted by Gasteiger charge is -2.11. The maximum atomic E-state index is 11.8. The molecule has 0 saturated carbocycles. The van der Waals surface area contributed by atoms with Gasteiger partial charge in [0.25, 0.3) is 0 Å². The fraction of sp³-hybridized carbons (Fsp3) is 0.400. The molecule has 0 bridgehead atoms. The van der Waals surface area contributed by atoms with Crippen LogP contribution < -0.4 is 16.2 Å². The Balaban J connectivity index is 2.22. The molecule has 8 heteroatoms. The number of aryl methyl sites for hydroxylation is 1. The Morgan fingerprint density at radius 2 is 1.91 bits per heavy atom. The average Bonchev–Trinajstić information content (AvgIpc) is 2.52. The van der Waals surface area contributed by atoms with Gasteiger partial charge in [-0.05, 0) is 37.2 Å². The number of rotatable bonds is 7. The van der Waals surface area contributed by atoms with Crippen molar-refractivity contribution in [2.45, 2.75) is 26.2 Å². The Labute approximate surface area is 145 Å². The third kappa shape index (κ3) is 8.49. The first kappa shape index (κ1) is 19.3. The van der Waals surface area contributed by atoms with E-state index in [2.05, 4.69) is 16.2 Å². The largest absolute Gasteiger partial charge is 0.381 e. The van der Waals surface area contributed by atoms with E-state index < -0.39 is 0 Å². The summed E-state index contributed by atoms with van der Waals surface area (Å²) in [6, 6.07) is 7.34. The molecule has 0 aromatic heterocycles. The van der Waals surface area contributed by atoms with Gasteiger partial charge in [0.15, 0.2) is 5.11 Å². The third-order valence-corrected chi connectivity index (χ3v) is 3.40. The van der Waals surface area contributed by atoms with Crippen LogP contribution in [-0.4, -0.2) is 30.1 Å². The molecule has 0 saturated heterocycles. The standard InChI is InChI=1S/C15H20ClN3O3S/c1-2-22-10-9-14(21)18-19-15(23)17-13(20)8-7-11-5-3-4-6-12(11)16/h3-6H,2,7-10H2,1H3,(H,18,21)(H2,17,19,20,23). The fourth-order valence-corrected chi connectivity index (χ4v) is 2.06. The van der Waals surface area contributed by atoms with Crippen LogP contribution in [0.25, 0.3) is 0 Å². The summed E-state index contributed by atoms with van der Waals surface area (Å²) in [6.07, 6.45) is 0.961. The Morgan fingerprint density at radius 1 is 1.17 bits per heavy atom. The summed E-state index contributed by atoms with van der Waals surface area (Å²) < 4.78 is 5.06. The SMILES string of the molecule is CCOCCC(=O)NNC(=S)NC(=O)CCc1ccccc1Cl. The maximum absolute atomic E-state index is 11.8. The molecule has 0 unspecified atom stereocenters. The number of hydrazine groups is 1. The summed E-state index contributed by atoms with van der Waals surface area (Å²) in [7, 11) is 0. The number of ether oxygens (including phenoxy) is 1. The van der Waals surface area contributed by atoms with Gasteiger partial charge in [-0.2, -0.15) is 0 Å². The fourth-order valence-electron chi connectivity index (χ4n) is 1.67. The number of carbonyl (C=O) groups excluding carboxylic acids is 2. The molecule has 126 valence electrons. The predicted molar refractivity (Wildman–Crippen MR) is 92.9 cm³/mol. The van der Waals surface area contributed by atoms with Crippen LogP contribution in [0.15, 0.2) is 24.3 Å². The van der Waals surface area contributed by atoms with Gasteiger partial charge in [0.2, 0.25) is 11.8 Å². The molecule has 0 spiro atoms. The maximum Gasteiger partial charge on any atom is 0.240 e. The van der Waals surface area contributed by atoms with Crippen LogP contribution in [-0.2, 0) is 20.7 Å². The summed E-state index contributed by atoms with van der Waals surface area (Å²) in [4.78, 5) is 23.2. The molecule has 0 aliphatic heterocycles. The minimum absolute atomic E-state index is 0.0407. The van der Waals surface area contributed by atoms with Crippen molar-refractivity contribution < 1.29 is 14.3 Å².